The van der Waals surface area contributed by atoms with Crippen molar-refractivity contribution < 1.29 is 9.05 Å². The Morgan fingerprint density at radius 1 is 0.630 bits per heavy atom. The first-order chi connectivity index (χ1) is 12.8. The van der Waals surface area contributed by atoms with Crippen molar-refractivity contribution in [3.63, 3.8) is 0 Å². The van der Waals surface area contributed by atoms with Gasteiger partial charge in [0, 0.05) is 0 Å². The van der Waals surface area contributed by atoms with Gasteiger partial charge in [0.25, 0.3) is 11.1 Å². The summed E-state index contributed by atoms with van der Waals surface area (Å²) in [6.07, 6.45) is 0. The molecule has 2 aromatic heterocycles. The zero-order valence-corrected chi connectivity index (χ0v) is 14.5. The zero-order chi connectivity index (χ0) is 19.3. The summed E-state index contributed by atoms with van der Waals surface area (Å²) in [7, 11) is 0. The lowest BCUT2D eigenvalue weighted by atomic mass is 10.1. The average molecular weight is 366 g/mol. The molecule has 4 aromatic rings. The van der Waals surface area contributed by atoms with Gasteiger partial charge in [0.05, 0.1) is 21.5 Å². The van der Waals surface area contributed by atoms with Gasteiger partial charge in [-0.25, -0.2) is 9.59 Å². The number of nitrogens with zero attached hydrogens (tertiary/aromatic N) is 2. The number of hydrogen-bond acceptors (Lipinski definition) is 6. The Morgan fingerprint density at radius 2 is 0.963 bits per heavy atom. The zero-order valence-electron chi connectivity index (χ0n) is 14.5. The fourth-order valence-electron chi connectivity index (χ4n) is 3.06. The smallest absolute Gasteiger partial charge is 0.330 e. The summed E-state index contributed by atoms with van der Waals surface area (Å²) in [6, 6.07) is 12.4. The molecule has 0 bridgehead atoms. The molecule has 8 heteroatoms. The van der Waals surface area contributed by atoms with Crippen molar-refractivity contribution in [2.45, 2.75) is 19.5 Å². The quantitative estimate of drug-likeness (QED) is 0.532. The van der Waals surface area contributed by atoms with E-state index in [9.17, 15) is 19.2 Å². The van der Waals surface area contributed by atoms with Gasteiger partial charge < -0.3 is 9.05 Å². The van der Waals surface area contributed by atoms with Crippen LogP contribution < -0.4 is 22.4 Å². The molecule has 136 valence electrons. The van der Waals surface area contributed by atoms with E-state index < -0.39 is 28.0 Å². The van der Waals surface area contributed by atoms with Crippen LogP contribution >= 0.6 is 0 Å². The number of hydrogen-bond donors (Lipinski definition) is 0. The van der Waals surface area contributed by atoms with Crippen LogP contribution in [-0.4, -0.2) is 9.48 Å². The van der Waals surface area contributed by atoms with Crippen molar-refractivity contribution in [1.82, 2.24) is 9.48 Å². The largest absolute Gasteiger partial charge is 0.364 e. The molecule has 0 unspecified atom stereocenters. The summed E-state index contributed by atoms with van der Waals surface area (Å²) in [5.41, 5.74) is -4.32. The van der Waals surface area contributed by atoms with E-state index in [-0.39, 0.29) is 21.5 Å². The molecule has 0 aliphatic carbocycles. The molecule has 27 heavy (non-hydrogen) atoms. The minimum absolute atomic E-state index is 0.127. The Balaban J connectivity index is 2.09. The van der Waals surface area contributed by atoms with Gasteiger partial charge in [0.1, 0.15) is 0 Å². The van der Waals surface area contributed by atoms with E-state index in [0.717, 1.165) is 9.48 Å². The van der Waals surface area contributed by atoms with Crippen LogP contribution in [0.2, 0.25) is 0 Å². The minimum Gasteiger partial charge on any atom is -0.330 e. The summed E-state index contributed by atoms with van der Waals surface area (Å²) in [4.78, 5) is 50.3. The number of fused-ring (bicyclic) bond motifs is 2. The maximum Gasteiger partial charge on any atom is 0.364 e. The topological polar surface area (TPSA) is 104 Å². The van der Waals surface area contributed by atoms with E-state index in [2.05, 4.69) is 0 Å². The van der Waals surface area contributed by atoms with Crippen molar-refractivity contribution in [2.24, 2.45) is 0 Å². The lowest BCUT2D eigenvalue weighted by Gasteiger charge is -2.25. The highest BCUT2D eigenvalue weighted by molar-refractivity contribution is 5.80. The highest BCUT2D eigenvalue weighted by Gasteiger charge is 2.32. The Hall–Kier alpha value is -3.68. The first kappa shape index (κ1) is 16.8. The molecule has 0 N–H and O–H groups in total. The predicted molar refractivity (Wildman–Crippen MR) is 98.2 cm³/mol. The minimum atomic E-state index is -1.58. The molecule has 2 heterocycles. The molecular formula is C19H14N2O6. The number of aromatic nitrogens is 2. The standard InChI is InChI=1S/C19H14N2O6/c1-19(2,20-15(22)11-7-3-5-9-13(11)17(24)26-20)21-16(23)12-8-4-6-10-14(12)18(25)27-21/h3-10H,1-2H3. The van der Waals surface area contributed by atoms with E-state index >= 15 is 0 Å². The van der Waals surface area contributed by atoms with Gasteiger partial charge in [-0.15, -0.1) is 9.48 Å². The first-order valence-corrected chi connectivity index (χ1v) is 8.14. The monoisotopic (exact) mass is 366 g/mol. The Kier molecular flexibility index (Phi) is 3.52. The lowest BCUT2D eigenvalue weighted by molar-refractivity contribution is 0.0153. The van der Waals surface area contributed by atoms with Crippen LogP contribution in [0.15, 0.2) is 76.8 Å². The Bertz CT molecular complexity index is 1330. The highest BCUT2D eigenvalue weighted by Crippen LogP contribution is 2.16. The van der Waals surface area contributed by atoms with Crippen molar-refractivity contribution in [3.8, 4) is 0 Å². The van der Waals surface area contributed by atoms with Crippen molar-refractivity contribution >= 4 is 21.5 Å². The Morgan fingerprint density at radius 3 is 1.33 bits per heavy atom. The molecule has 4 rings (SSSR count). The maximum absolute atomic E-state index is 12.9. The second-order valence-corrected chi connectivity index (χ2v) is 6.54. The van der Waals surface area contributed by atoms with Gasteiger partial charge in [0.15, 0.2) is 5.66 Å². The molecule has 0 aliphatic rings. The van der Waals surface area contributed by atoms with Crippen LogP contribution in [0.25, 0.3) is 21.5 Å². The third-order valence-corrected chi connectivity index (χ3v) is 4.47. The predicted octanol–water partition coefficient (Wildman–Crippen LogP) is 1.46. The molecule has 0 amide bonds. The second-order valence-electron chi connectivity index (χ2n) is 6.54. The molecule has 0 fully saturated rings. The van der Waals surface area contributed by atoms with E-state index in [1.807, 2.05) is 0 Å². The van der Waals surface area contributed by atoms with Gasteiger partial charge in [-0.1, -0.05) is 24.3 Å². The van der Waals surface area contributed by atoms with Crippen molar-refractivity contribution in [2.75, 3.05) is 0 Å². The van der Waals surface area contributed by atoms with Crippen LogP contribution in [-0.2, 0) is 5.66 Å². The SMILES string of the molecule is CC(C)(n1oc(=O)c2ccccc2c1=O)n1oc(=O)c2ccccc2c1=O. The molecule has 0 saturated carbocycles. The molecule has 2 aromatic carbocycles. The van der Waals surface area contributed by atoms with Crippen LogP contribution in [0.1, 0.15) is 13.8 Å². The van der Waals surface area contributed by atoms with Crippen LogP contribution in [0, 0.1) is 0 Å². The molecule has 8 nitrogen and oxygen atoms in total. The van der Waals surface area contributed by atoms with Crippen LogP contribution in [0.3, 0.4) is 0 Å². The van der Waals surface area contributed by atoms with Crippen LogP contribution in [0.4, 0.5) is 0 Å². The van der Waals surface area contributed by atoms with Crippen molar-refractivity contribution in [3.05, 3.63) is 90.1 Å². The summed E-state index contributed by atoms with van der Waals surface area (Å²) in [6.45, 7) is 2.87. The molecular weight excluding hydrogens is 352 g/mol. The third kappa shape index (κ3) is 2.37. The summed E-state index contributed by atoms with van der Waals surface area (Å²) in [5, 5.41) is 0.528. The fourth-order valence-corrected chi connectivity index (χ4v) is 3.06. The number of benzene rings is 2. The van der Waals surface area contributed by atoms with Crippen molar-refractivity contribution in [1.29, 1.82) is 0 Å². The fraction of sp³-hybridized carbons (Fsp3) is 0.158. The summed E-state index contributed by atoms with van der Waals surface area (Å²) < 4.78 is 11.8. The van der Waals surface area contributed by atoms with E-state index in [1.54, 1.807) is 24.3 Å². The molecule has 0 atom stereocenters. The van der Waals surface area contributed by atoms with Gasteiger partial charge >= 0.3 is 11.3 Å². The molecule has 0 aliphatic heterocycles. The van der Waals surface area contributed by atoms with E-state index in [4.69, 9.17) is 9.05 Å². The van der Waals surface area contributed by atoms with Gasteiger partial charge in [-0.3, -0.25) is 9.59 Å². The van der Waals surface area contributed by atoms with E-state index in [0.29, 0.717) is 0 Å². The summed E-state index contributed by atoms with van der Waals surface area (Å²) >= 11 is 0. The molecule has 0 saturated heterocycles. The van der Waals surface area contributed by atoms with E-state index in [1.165, 1.54) is 38.1 Å². The third-order valence-electron chi connectivity index (χ3n) is 4.47. The lowest BCUT2D eigenvalue weighted by Crippen LogP contribution is -2.48. The Labute approximate surface area is 150 Å². The van der Waals surface area contributed by atoms with Gasteiger partial charge in [-0.2, -0.15) is 0 Å². The molecule has 0 spiro atoms. The maximum atomic E-state index is 12.9. The average Bonchev–Trinajstić information content (AvgIpc) is 2.67. The summed E-state index contributed by atoms with van der Waals surface area (Å²) in [5.74, 6) is 0. The molecule has 0 radical (unpaired) electrons. The van der Waals surface area contributed by atoms with Gasteiger partial charge in [-0.05, 0) is 38.1 Å². The normalized spacial score (nSPS) is 11.9. The number of rotatable bonds is 2. The second kappa shape index (κ2) is 5.66. The highest BCUT2D eigenvalue weighted by atomic mass is 16.6. The first-order valence-electron chi connectivity index (χ1n) is 8.14. The van der Waals surface area contributed by atoms with Crippen LogP contribution in [0.5, 0.6) is 0 Å². The van der Waals surface area contributed by atoms with Gasteiger partial charge in [0.2, 0.25) is 0 Å².